The van der Waals surface area contributed by atoms with Crippen molar-refractivity contribution in [3.05, 3.63) is 35.9 Å². The molecule has 6 nitrogen and oxygen atoms in total. The van der Waals surface area contributed by atoms with E-state index < -0.39 is 18.0 Å². The molecule has 1 aromatic carbocycles. The molecule has 1 N–H and O–H groups in total. The van der Waals surface area contributed by atoms with E-state index in [1.165, 1.54) is 20.3 Å². The number of rotatable bonds is 8. The van der Waals surface area contributed by atoms with Crippen LogP contribution in [-0.4, -0.2) is 37.4 Å². The van der Waals surface area contributed by atoms with Gasteiger partial charge in [0.25, 0.3) is 0 Å². The summed E-state index contributed by atoms with van der Waals surface area (Å²) < 4.78 is 15.5. The highest BCUT2D eigenvalue weighted by Crippen LogP contribution is 2.23. The Balaban J connectivity index is 2.59. The van der Waals surface area contributed by atoms with Gasteiger partial charge in [0.2, 0.25) is 0 Å². The zero-order valence-electron chi connectivity index (χ0n) is 12.9. The van der Waals surface area contributed by atoms with Gasteiger partial charge < -0.3 is 19.3 Å². The van der Waals surface area contributed by atoms with Crippen molar-refractivity contribution in [2.75, 3.05) is 14.2 Å². The van der Waals surface area contributed by atoms with E-state index in [1.54, 1.807) is 25.1 Å². The van der Waals surface area contributed by atoms with Crippen molar-refractivity contribution in [2.45, 2.75) is 25.9 Å². The fraction of sp³-hybridized carbons (Fsp3) is 0.375. The molecule has 0 saturated carbocycles. The first kappa shape index (κ1) is 17.6. The zero-order valence-corrected chi connectivity index (χ0v) is 12.9. The van der Waals surface area contributed by atoms with E-state index in [-0.39, 0.29) is 6.42 Å². The summed E-state index contributed by atoms with van der Waals surface area (Å²) in [6, 6.07) is 5.19. The van der Waals surface area contributed by atoms with Crippen LogP contribution in [0, 0.1) is 0 Å². The number of carbonyl (C=O) groups is 2. The van der Waals surface area contributed by atoms with E-state index in [0.29, 0.717) is 17.9 Å². The van der Waals surface area contributed by atoms with Crippen LogP contribution in [0.25, 0.3) is 0 Å². The lowest BCUT2D eigenvalue weighted by Crippen LogP contribution is -2.16. The van der Waals surface area contributed by atoms with Crippen molar-refractivity contribution in [3.63, 3.8) is 0 Å². The predicted molar refractivity (Wildman–Crippen MR) is 80.2 cm³/mol. The third kappa shape index (κ3) is 6.30. The number of carbonyl (C=O) groups excluding carboxylic acids is 1. The molecule has 0 fully saturated rings. The van der Waals surface area contributed by atoms with Gasteiger partial charge in [-0.25, -0.2) is 4.79 Å². The second-order valence-electron chi connectivity index (χ2n) is 4.67. The van der Waals surface area contributed by atoms with Gasteiger partial charge in [0, 0.05) is 18.6 Å². The molecule has 0 aromatic heterocycles. The third-order valence-electron chi connectivity index (χ3n) is 2.82. The van der Waals surface area contributed by atoms with Crippen LogP contribution in [0.15, 0.2) is 30.4 Å². The second kappa shape index (κ2) is 8.71. The molecule has 120 valence electrons. The summed E-state index contributed by atoms with van der Waals surface area (Å²) in [5, 5.41) is 8.48. The van der Waals surface area contributed by atoms with Crippen molar-refractivity contribution in [3.8, 4) is 11.5 Å². The van der Waals surface area contributed by atoms with Crippen molar-refractivity contribution < 1.29 is 28.9 Å². The van der Waals surface area contributed by atoms with Crippen LogP contribution < -0.4 is 9.47 Å². The molecule has 0 aliphatic carbocycles. The minimum atomic E-state index is -1.03. The molecule has 0 amide bonds. The standard InChI is InChI=1S/C16H20O6/c1-11(5-4-6-15(17)18)22-16(19)9-12-7-13(20-2)10-14(8-12)21-3/h4,6-8,10-11H,5,9H2,1-3H3,(H,17,18)/b6-4+/t11-/m1/s1. The maximum absolute atomic E-state index is 11.9. The molecule has 0 unspecified atom stereocenters. The third-order valence-corrected chi connectivity index (χ3v) is 2.82. The Morgan fingerprint density at radius 3 is 2.27 bits per heavy atom. The normalized spacial score (nSPS) is 12.0. The van der Waals surface area contributed by atoms with Gasteiger partial charge in [-0.3, -0.25) is 4.79 Å². The molecule has 0 radical (unpaired) electrons. The largest absolute Gasteiger partial charge is 0.497 e. The van der Waals surface area contributed by atoms with Gasteiger partial charge in [0.1, 0.15) is 17.6 Å². The maximum atomic E-state index is 11.9. The summed E-state index contributed by atoms with van der Waals surface area (Å²) in [4.78, 5) is 22.2. The molecule has 0 aliphatic heterocycles. The van der Waals surface area contributed by atoms with Gasteiger partial charge in [-0.05, 0) is 24.6 Å². The van der Waals surface area contributed by atoms with Crippen molar-refractivity contribution >= 4 is 11.9 Å². The lowest BCUT2D eigenvalue weighted by atomic mass is 10.1. The molecular formula is C16H20O6. The SMILES string of the molecule is COc1cc(CC(=O)O[C@H](C)C/C=C/C(=O)O)cc(OC)c1. The molecule has 0 spiro atoms. The highest BCUT2D eigenvalue weighted by Gasteiger charge is 2.11. The number of hydrogen-bond donors (Lipinski definition) is 1. The minimum absolute atomic E-state index is 0.0839. The number of methoxy groups -OCH3 is 2. The van der Waals surface area contributed by atoms with Gasteiger partial charge in [0.15, 0.2) is 0 Å². The Labute approximate surface area is 129 Å². The first-order valence-corrected chi connectivity index (χ1v) is 6.75. The van der Waals surface area contributed by atoms with Crippen molar-refractivity contribution in [1.29, 1.82) is 0 Å². The van der Waals surface area contributed by atoms with E-state index in [0.717, 1.165) is 11.6 Å². The Hall–Kier alpha value is -2.50. The van der Waals surface area contributed by atoms with Gasteiger partial charge in [-0.15, -0.1) is 0 Å². The smallest absolute Gasteiger partial charge is 0.327 e. The maximum Gasteiger partial charge on any atom is 0.327 e. The quantitative estimate of drug-likeness (QED) is 0.585. The molecule has 22 heavy (non-hydrogen) atoms. The topological polar surface area (TPSA) is 82.1 Å². The second-order valence-corrected chi connectivity index (χ2v) is 4.67. The molecule has 1 aromatic rings. The summed E-state index contributed by atoms with van der Waals surface area (Å²) in [5.74, 6) is -0.229. The summed E-state index contributed by atoms with van der Waals surface area (Å²) >= 11 is 0. The molecule has 0 bridgehead atoms. The molecule has 1 atom stereocenters. The fourth-order valence-electron chi connectivity index (χ4n) is 1.81. The van der Waals surface area contributed by atoms with Gasteiger partial charge in [-0.1, -0.05) is 6.08 Å². The Morgan fingerprint density at radius 1 is 1.18 bits per heavy atom. The first-order valence-electron chi connectivity index (χ1n) is 6.75. The molecule has 0 saturated heterocycles. The predicted octanol–water partition coefficient (Wildman–Crippen LogP) is 2.21. The summed E-state index contributed by atoms with van der Waals surface area (Å²) in [7, 11) is 3.07. The minimum Gasteiger partial charge on any atom is -0.497 e. The highest BCUT2D eigenvalue weighted by atomic mass is 16.5. The summed E-state index contributed by atoms with van der Waals surface area (Å²) in [6.45, 7) is 1.70. The fourth-order valence-corrected chi connectivity index (χ4v) is 1.81. The summed E-state index contributed by atoms with van der Waals surface area (Å²) in [5.41, 5.74) is 0.717. The number of benzene rings is 1. The monoisotopic (exact) mass is 308 g/mol. The van der Waals surface area contributed by atoms with Gasteiger partial charge in [0.05, 0.1) is 20.6 Å². The van der Waals surface area contributed by atoms with E-state index in [9.17, 15) is 9.59 Å². The van der Waals surface area contributed by atoms with Crippen LogP contribution in [0.3, 0.4) is 0 Å². The zero-order chi connectivity index (χ0) is 16.5. The number of carboxylic acid groups (broad SMARTS) is 1. The highest BCUT2D eigenvalue weighted by molar-refractivity contribution is 5.79. The molecule has 0 aliphatic rings. The van der Waals surface area contributed by atoms with E-state index >= 15 is 0 Å². The number of carboxylic acids is 1. The number of esters is 1. The van der Waals surface area contributed by atoms with Crippen LogP contribution in [-0.2, 0) is 20.7 Å². The Kier molecular flexibility index (Phi) is 6.95. The van der Waals surface area contributed by atoms with Gasteiger partial charge in [-0.2, -0.15) is 0 Å². The number of aliphatic carboxylic acids is 1. The van der Waals surface area contributed by atoms with E-state index in [4.69, 9.17) is 19.3 Å². The van der Waals surface area contributed by atoms with E-state index in [1.807, 2.05) is 0 Å². The van der Waals surface area contributed by atoms with Crippen LogP contribution in [0.5, 0.6) is 11.5 Å². The number of ether oxygens (including phenoxy) is 3. The van der Waals surface area contributed by atoms with Gasteiger partial charge >= 0.3 is 11.9 Å². The number of hydrogen-bond acceptors (Lipinski definition) is 5. The average molecular weight is 308 g/mol. The first-order chi connectivity index (χ1) is 10.4. The van der Waals surface area contributed by atoms with Crippen molar-refractivity contribution in [1.82, 2.24) is 0 Å². The molecule has 0 heterocycles. The average Bonchev–Trinajstić information content (AvgIpc) is 2.45. The molecule has 1 rings (SSSR count). The Bertz CT molecular complexity index is 527. The van der Waals surface area contributed by atoms with Crippen LogP contribution in [0.1, 0.15) is 18.9 Å². The molecule has 6 heteroatoms. The Morgan fingerprint density at radius 2 is 1.77 bits per heavy atom. The lowest BCUT2D eigenvalue weighted by Gasteiger charge is -2.12. The van der Waals surface area contributed by atoms with Crippen LogP contribution in [0.2, 0.25) is 0 Å². The van der Waals surface area contributed by atoms with Crippen LogP contribution >= 0.6 is 0 Å². The summed E-state index contributed by atoms with van der Waals surface area (Å²) in [6.07, 6.45) is 2.52. The lowest BCUT2D eigenvalue weighted by molar-refractivity contribution is -0.147. The van der Waals surface area contributed by atoms with Crippen LogP contribution in [0.4, 0.5) is 0 Å². The van der Waals surface area contributed by atoms with Crippen molar-refractivity contribution in [2.24, 2.45) is 0 Å². The van der Waals surface area contributed by atoms with E-state index in [2.05, 4.69) is 0 Å². The molecular weight excluding hydrogens is 288 g/mol.